The molecule has 0 aromatic carbocycles. The maximum Gasteiger partial charge on any atom is 0.225 e. The van der Waals surface area contributed by atoms with E-state index in [1.807, 2.05) is 4.90 Å². The summed E-state index contributed by atoms with van der Waals surface area (Å²) in [6.45, 7) is 6.27. The zero-order valence-corrected chi connectivity index (χ0v) is 10.2. The molecule has 1 amide bonds. The van der Waals surface area contributed by atoms with Gasteiger partial charge in [-0.1, -0.05) is 0 Å². The minimum atomic E-state index is 0.186. The summed E-state index contributed by atoms with van der Waals surface area (Å²) in [5.74, 6) is 0.186. The highest BCUT2D eigenvalue weighted by Gasteiger charge is 2.22. The maximum atomic E-state index is 11.8. The van der Waals surface area contributed by atoms with Gasteiger partial charge in [-0.3, -0.25) is 4.79 Å². The molecule has 5 nitrogen and oxygen atoms in total. The zero-order valence-electron chi connectivity index (χ0n) is 10.2. The van der Waals surface area contributed by atoms with Crippen molar-refractivity contribution >= 4 is 5.91 Å². The molecule has 0 unspecified atom stereocenters. The number of rotatable bonds is 6. The molecule has 1 atom stereocenters. The predicted octanol–water partition coefficient (Wildman–Crippen LogP) is -0.140. The molecule has 1 aliphatic rings. The molecule has 0 radical (unpaired) electrons. The van der Waals surface area contributed by atoms with Crippen molar-refractivity contribution in [2.45, 2.75) is 19.4 Å². The number of hydrogen-bond donors (Lipinski definition) is 1. The number of methoxy groups -OCH3 is 1. The van der Waals surface area contributed by atoms with Crippen LogP contribution in [0.1, 0.15) is 13.3 Å². The van der Waals surface area contributed by atoms with Gasteiger partial charge < -0.3 is 19.7 Å². The summed E-state index contributed by atoms with van der Waals surface area (Å²) in [4.78, 5) is 13.8. The van der Waals surface area contributed by atoms with Gasteiger partial charge in [-0.05, 0) is 6.92 Å². The van der Waals surface area contributed by atoms with Crippen molar-refractivity contribution in [3.05, 3.63) is 0 Å². The SMILES string of the molecule is COCCOCCC(=O)N1CCNC[C@H]1C. The quantitative estimate of drug-likeness (QED) is 0.645. The molecule has 0 spiro atoms. The normalized spacial score (nSPS) is 21.1. The number of amides is 1. The second-order valence-corrected chi connectivity index (χ2v) is 4.00. The average Bonchev–Trinajstić information content (AvgIpc) is 2.29. The van der Waals surface area contributed by atoms with E-state index in [1.54, 1.807) is 7.11 Å². The van der Waals surface area contributed by atoms with Crippen molar-refractivity contribution in [2.24, 2.45) is 0 Å². The molecule has 0 bridgehead atoms. The Bertz CT molecular complexity index is 211. The van der Waals surface area contributed by atoms with Crippen LogP contribution in [-0.2, 0) is 14.3 Å². The highest BCUT2D eigenvalue weighted by molar-refractivity contribution is 5.76. The van der Waals surface area contributed by atoms with Gasteiger partial charge in [-0.25, -0.2) is 0 Å². The summed E-state index contributed by atoms with van der Waals surface area (Å²) >= 11 is 0. The molecule has 0 aromatic rings. The van der Waals surface area contributed by atoms with Gasteiger partial charge in [0.15, 0.2) is 0 Å². The van der Waals surface area contributed by atoms with E-state index in [4.69, 9.17) is 9.47 Å². The summed E-state index contributed by atoms with van der Waals surface area (Å²) in [6, 6.07) is 0.292. The standard InChI is InChI=1S/C11H22N2O3/c1-10-9-12-4-5-13(10)11(14)3-6-16-8-7-15-2/h10,12H,3-9H2,1-2H3/t10-/m1/s1. The van der Waals surface area contributed by atoms with Crippen LogP contribution in [-0.4, -0.2) is 63.4 Å². The lowest BCUT2D eigenvalue weighted by Crippen LogP contribution is -2.52. The maximum absolute atomic E-state index is 11.8. The number of hydrogen-bond acceptors (Lipinski definition) is 4. The van der Waals surface area contributed by atoms with Crippen molar-refractivity contribution < 1.29 is 14.3 Å². The molecular formula is C11H22N2O3. The topological polar surface area (TPSA) is 50.8 Å². The number of ether oxygens (including phenoxy) is 2. The van der Waals surface area contributed by atoms with Crippen molar-refractivity contribution in [1.29, 1.82) is 0 Å². The van der Waals surface area contributed by atoms with E-state index in [2.05, 4.69) is 12.2 Å². The van der Waals surface area contributed by atoms with Crippen LogP contribution in [0.2, 0.25) is 0 Å². The van der Waals surface area contributed by atoms with Gasteiger partial charge in [-0.15, -0.1) is 0 Å². The Hall–Kier alpha value is -0.650. The number of carbonyl (C=O) groups is 1. The molecule has 0 aromatic heterocycles. The molecule has 1 fully saturated rings. The van der Waals surface area contributed by atoms with E-state index in [-0.39, 0.29) is 5.91 Å². The highest BCUT2D eigenvalue weighted by Crippen LogP contribution is 2.04. The molecule has 0 saturated carbocycles. The average molecular weight is 230 g/mol. The lowest BCUT2D eigenvalue weighted by molar-refractivity contribution is -0.135. The second kappa shape index (κ2) is 7.60. The smallest absolute Gasteiger partial charge is 0.225 e. The molecule has 94 valence electrons. The Balaban J connectivity index is 2.13. The second-order valence-electron chi connectivity index (χ2n) is 4.00. The van der Waals surface area contributed by atoms with Crippen LogP contribution in [0.15, 0.2) is 0 Å². The van der Waals surface area contributed by atoms with E-state index >= 15 is 0 Å². The largest absolute Gasteiger partial charge is 0.382 e. The van der Waals surface area contributed by atoms with Crippen molar-refractivity contribution in [3.8, 4) is 0 Å². The first-order chi connectivity index (χ1) is 7.75. The summed E-state index contributed by atoms with van der Waals surface area (Å²) in [5.41, 5.74) is 0. The first kappa shape index (κ1) is 13.4. The molecular weight excluding hydrogens is 208 g/mol. The molecule has 16 heavy (non-hydrogen) atoms. The fraction of sp³-hybridized carbons (Fsp3) is 0.909. The Morgan fingerprint density at radius 2 is 2.25 bits per heavy atom. The fourth-order valence-electron chi connectivity index (χ4n) is 1.76. The minimum absolute atomic E-state index is 0.186. The molecule has 1 rings (SSSR count). The molecule has 1 heterocycles. The van der Waals surface area contributed by atoms with Gasteiger partial charge in [-0.2, -0.15) is 0 Å². The fourth-order valence-corrected chi connectivity index (χ4v) is 1.76. The van der Waals surface area contributed by atoms with E-state index in [0.29, 0.717) is 32.3 Å². The number of nitrogens with one attached hydrogen (secondary N) is 1. The molecule has 1 aliphatic heterocycles. The molecule has 0 aliphatic carbocycles. The third-order valence-electron chi connectivity index (χ3n) is 2.71. The third kappa shape index (κ3) is 4.47. The van der Waals surface area contributed by atoms with Crippen molar-refractivity contribution in [1.82, 2.24) is 10.2 Å². The number of nitrogens with zero attached hydrogens (tertiary/aromatic N) is 1. The first-order valence-electron chi connectivity index (χ1n) is 5.82. The van der Waals surface area contributed by atoms with Crippen LogP contribution >= 0.6 is 0 Å². The van der Waals surface area contributed by atoms with E-state index in [9.17, 15) is 4.79 Å². The Kier molecular flexibility index (Phi) is 6.37. The van der Waals surface area contributed by atoms with Crippen LogP contribution in [0, 0.1) is 0 Å². The Morgan fingerprint density at radius 1 is 1.44 bits per heavy atom. The van der Waals surface area contributed by atoms with Crippen LogP contribution in [0.3, 0.4) is 0 Å². The van der Waals surface area contributed by atoms with Crippen molar-refractivity contribution in [2.75, 3.05) is 46.6 Å². The zero-order chi connectivity index (χ0) is 11.8. The predicted molar refractivity (Wildman–Crippen MR) is 61.4 cm³/mol. The summed E-state index contributed by atoms with van der Waals surface area (Å²) in [6.07, 6.45) is 0.466. The van der Waals surface area contributed by atoms with Crippen LogP contribution in [0.5, 0.6) is 0 Å². The lowest BCUT2D eigenvalue weighted by atomic mass is 10.2. The minimum Gasteiger partial charge on any atom is -0.382 e. The van der Waals surface area contributed by atoms with Crippen LogP contribution in [0.4, 0.5) is 0 Å². The van der Waals surface area contributed by atoms with Crippen LogP contribution in [0.25, 0.3) is 0 Å². The Morgan fingerprint density at radius 3 is 2.94 bits per heavy atom. The number of piperazine rings is 1. The summed E-state index contributed by atoms with van der Waals surface area (Å²) < 4.78 is 10.1. The van der Waals surface area contributed by atoms with Gasteiger partial charge in [0.1, 0.15) is 0 Å². The van der Waals surface area contributed by atoms with E-state index in [0.717, 1.165) is 19.6 Å². The lowest BCUT2D eigenvalue weighted by Gasteiger charge is -2.34. The summed E-state index contributed by atoms with van der Waals surface area (Å²) in [5, 5.41) is 3.26. The van der Waals surface area contributed by atoms with Crippen LogP contribution < -0.4 is 5.32 Å². The Labute approximate surface area is 97.1 Å². The van der Waals surface area contributed by atoms with Gasteiger partial charge in [0.25, 0.3) is 0 Å². The molecule has 1 saturated heterocycles. The highest BCUT2D eigenvalue weighted by atomic mass is 16.5. The monoisotopic (exact) mass is 230 g/mol. The number of carbonyl (C=O) groups excluding carboxylic acids is 1. The van der Waals surface area contributed by atoms with Gasteiger partial charge in [0, 0.05) is 32.8 Å². The molecule has 1 N–H and O–H groups in total. The van der Waals surface area contributed by atoms with E-state index < -0.39 is 0 Å². The first-order valence-corrected chi connectivity index (χ1v) is 5.82. The van der Waals surface area contributed by atoms with E-state index in [1.165, 1.54) is 0 Å². The van der Waals surface area contributed by atoms with Gasteiger partial charge >= 0.3 is 0 Å². The third-order valence-corrected chi connectivity index (χ3v) is 2.71. The van der Waals surface area contributed by atoms with Gasteiger partial charge in [0.05, 0.1) is 26.2 Å². The molecule has 5 heteroatoms. The summed E-state index contributed by atoms with van der Waals surface area (Å²) in [7, 11) is 1.64. The van der Waals surface area contributed by atoms with Gasteiger partial charge in [0.2, 0.25) is 5.91 Å². The van der Waals surface area contributed by atoms with Crippen molar-refractivity contribution in [3.63, 3.8) is 0 Å².